The first-order chi connectivity index (χ1) is 9.60. The molecule has 0 aromatic carbocycles. The van der Waals surface area contributed by atoms with Crippen LogP contribution in [0.3, 0.4) is 0 Å². The predicted octanol–water partition coefficient (Wildman–Crippen LogP) is 0.727. The third kappa shape index (κ3) is 1.56. The molecule has 5 rings (SSSR count). The fraction of sp³-hybridized carbons (Fsp3) is 0.833. The van der Waals surface area contributed by atoms with E-state index in [4.69, 9.17) is 9.47 Å². The van der Waals surface area contributed by atoms with Gasteiger partial charge in [0.25, 0.3) is 0 Å². The Morgan fingerprint density at radius 2 is 2.30 bits per heavy atom. The second kappa shape index (κ2) is 3.99. The molecule has 3 saturated heterocycles. The predicted molar refractivity (Wildman–Crippen MR) is 84.9 cm³/mol. The van der Waals surface area contributed by atoms with Crippen LogP contribution in [0.2, 0.25) is 0 Å². The third-order valence-electron chi connectivity index (χ3n) is 5.32. The van der Waals surface area contributed by atoms with E-state index in [9.17, 15) is 9.59 Å². The van der Waals surface area contributed by atoms with Crippen LogP contribution in [0.4, 0.5) is 0 Å². The monoisotopic (exact) mass is 504 g/mol. The Morgan fingerprint density at radius 1 is 1.55 bits per heavy atom. The van der Waals surface area contributed by atoms with E-state index in [0.717, 1.165) is 12.8 Å². The maximum absolute atomic E-state index is 12.1. The van der Waals surface area contributed by atoms with Gasteiger partial charge in [-0.3, -0.25) is 0 Å². The van der Waals surface area contributed by atoms with Crippen molar-refractivity contribution >= 4 is 54.9 Å². The molecular weight excluding hydrogens is 490 g/mol. The summed E-state index contributed by atoms with van der Waals surface area (Å²) in [7, 11) is 0. The van der Waals surface area contributed by atoms with Crippen LogP contribution in [0.25, 0.3) is 0 Å². The zero-order valence-corrected chi connectivity index (χ0v) is 14.8. The molecule has 8 heteroatoms. The molecule has 0 aromatic rings. The fourth-order valence-corrected chi connectivity index (χ4v) is 11.6. The number of rotatable bonds is 4. The third-order valence-corrected chi connectivity index (χ3v) is 12.5. The van der Waals surface area contributed by atoms with Gasteiger partial charge in [0, 0.05) is 0 Å². The van der Waals surface area contributed by atoms with Crippen molar-refractivity contribution in [3.05, 3.63) is 0 Å². The van der Waals surface area contributed by atoms with Gasteiger partial charge in [0.2, 0.25) is 0 Å². The van der Waals surface area contributed by atoms with Gasteiger partial charge >= 0.3 is 138 Å². The minimum absolute atomic E-state index is 0.0150. The number of nitrogens with one attached hydrogen (secondary N) is 2. The molecule has 2 saturated carbocycles. The number of halogens is 2. The quantitative estimate of drug-likeness (QED) is 0.147. The molecule has 2 bridgehead atoms. The van der Waals surface area contributed by atoms with E-state index in [-0.39, 0.29) is 37.5 Å². The number of carbonyl (C=O) groups is 2. The van der Waals surface area contributed by atoms with Crippen LogP contribution in [-0.2, 0) is 19.1 Å². The van der Waals surface area contributed by atoms with Crippen LogP contribution in [0, 0.1) is 23.7 Å². The molecule has 6 nitrogen and oxygen atoms in total. The van der Waals surface area contributed by atoms with Gasteiger partial charge in [-0.15, -0.1) is 0 Å². The van der Waals surface area contributed by atoms with E-state index in [1.807, 2.05) is 0 Å². The summed E-state index contributed by atoms with van der Waals surface area (Å²) in [5, 5.41) is 0. The van der Waals surface area contributed by atoms with E-state index in [1.165, 1.54) is 0 Å². The molecule has 2 aliphatic carbocycles. The van der Waals surface area contributed by atoms with Crippen LogP contribution < -0.4 is 7.06 Å². The van der Waals surface area contributed by atoms with Gasteiger partial charge in [0.1, 0.15) is 0 Å². The SMILES string of the molecule is O=C1OC2CC3CC2C1C3COC(=O)C(I)C12NI1N2. The number of esters is 2. The van der Waals surface area contributed by atoms with Gasteiger partial charge in [-0.2, -0.15) is 0 Å². The average molecular weight is 504 g/mol. The van der Waals surface area contributed by atoms with Crippen molar-refractivity contribution in [2.24, 2.45) is 23.7 Å². The Morgan fingerprint density at radius 3 is 3.00 bits per heavy atom. The van der Waals surface area contributed by atoms with Gasteiger partial charge in [-0.1, -0.05) is 0 Å². The summed E-state index contributed by atoms with van der Waals surface area (Å²) in [5.41, 5.74) is 0. The number of alkyl halides is 2. The molecule has 0 spiro atoms. The molecule has 5 fully saturated rings. The molecule has 3 aliphatic heterocycles. The molecule has 2 N–H and O–H groups in total. The molecule has 0 radical (unpaired) electrons. The summed E-state index contributed by atoms with van der Waals surface area (Å²) in [5.74, 6) is 0.851. The van der Waals surface area contributed by atoms with E-state index < -0.39 is 20.4 Å². The zero-order chi connectivity index (χ0) is 13.6. The van der Waals surface area contributed by atoms with Crippen LogP contribution in [0.1, 0.15) is 12.8 Å². The van der Waals surface area contributed by atoms with Gasteiger partial charge in [-0.25, -0.2) is 0 Å². The Hall–Kier alpha value is 0.320. The topological polar surface area (TPSA) is 96.5 Å². The van der Waals surface area contributed by atoms with Crippen molar-refractivity contribution in [3.8, 4) is 0 Å². The number of ether oxygens (including phenoxy) is 2. The first-order valence-electron chi connectivity index (χ1n) is 6.87. The van der Waals surface area contributed by atoms with Gasteiger partial charge in [0.05, 0.1) is 0 Å². The number of hydrogen-bond acceptors (Lipinski definition) is 6. The molecule has 0 amide bonds. The Balaban J connectivity index is 1.24. The molecule has 20 heavy (non-hydrogen) atoms. The van der Waals surface area contributed by atoms with E-state index in [0.29, 0.717) is 18.4 Å². The summed E-state index contributed by atoms with van der Waals surface area (Å²) < 4.78 is 17.4. The molecule has 3 heterocycles. The first kappa shape index (κ1) is 12.8. The molecular formula is C12H14I2N2O4. The standard InChI is InChI=1S/C12H14I2N2O4/c13-9(12-14(15-12)16-12)11(18)19-3-6-4-1-5-7(2-4)20-10(17)8(5)6/h4-9,15-16H,1-3H2. The van der Waals surface area contributed by atoms with E-state index in [2.05, 4.69) is 29.7 Å². The van der Waals surface area contributed by atoms with Crippen molar-refractivity contribution < 1.29 is 19.1 Å². The number of fused-ring (bicyclic) bond motifs is 2. The molecule has 5 aliphatic rings. The van der Waals surface area contributed by atoms with Crippen molar-refractivity contribution in [1.82, 2.24) is 7.06 Å². The zero-order valence-electron chi connectivity index (χ0n) is 10.5. The van der Waals surface area contributed by atoms with Crippen LogP contribution in [0.15, 0.2) is 0 Å². The number of hydrogen-bond donors (Lipinski definition) is 2. The normalized spacial score (nSPS) is 47.8. The van der Waals surface area contributed by atoms with Gasteiger partial charge in [-0.05, 0) is 0 Å². The van der Waals surface area contributed by atoms with Crippen LogP contribution in [0.5, 0.6) is 0 Å². The van der Waals surface area contributed by atoms with Crippen LogP contribution >= 0.6 is 43.0 Å². The number of carbonyl (C=O) groups excluding carboxylic acids is 2. The van der Waals surface area contributed by atoms with Crippen molar-refractivity contribution in [2.45, 2.75) is 26.5 Å². The molecule has 6 atom stereocenters. The second-order valence-electron chi connectivity index (χ2n) is 6.24. The molecule has 110 valence electrons. The summed E-state index contributed by atoms with van der Waals surface area (Å²) in [6.07, 6.45) is 2.19. The molecule has 6 unspecified atom stereocenters. The summed E-state index contributed by atoms with van der Waals surface area (Å²) in [6.45, 7) is 0.385. The summed E-state index contributed by atoms with van der Waals surface area (Å²) in [4.78, 5) is 24.0. The van der Waals surface area contributed by atoms with Crippen molar-refractivity contribution in [3.63, 3.8) is 0 Å². The average Bonchev–Trinajstić information content (AvgIpc) is 3.15. The van der Waals surface area contributed by atoms with Gasteiger partial charge < -0.3 is 0 Å². The van der Waals surface area contributed by atoms with Crippen LogP contribution in [-0.4, -0.2) is 32.2 Å². The summed E-state index contributed by atoms with van der Waals surface area (Å²) >= 11 is 1.07. The molecule has 0 aromatic heterocycles. The maximum atomic E-state index is 12.1. The first-order valence-corrected chi connectivity index (χ1v) is 11.3. The van der Waals surface area contributed by atoms with Crippen molar-refractivity contribution in [2.75, 3.05) is 6.61 Å². The Kier molecular flexibility index (Phi) is 2.56. The minimum atomic E-state index is -1.10. The van der Waals surface area contributed by atoms with E-state index >= 15 is 0 Å². The Labute approximate surface area is 137 Å². The Bertz CT molecular complexity index is 522. The van der Waals surface area contributed by atoms with E-state index in [1.54, 1.807) is 0 Å². The van der Waals surface area contributed by atoms with Crippen molar-refractivity contribution in [1.29, 1.82) is 0 Å². The fourth-order valence-electron chi connectivity index (χ4n) is 4.21. The second-order valence-corrected chi connectivity index (χ2v) is 11.9. The van der Waals surface area contributed by atoms with Gasteiger partial charge in [0.15, 0.2) is 0 Å². The summed E-state index contributed by atoms with van der Waals surface area (Å²) in [6, 6.07) is 0.